The van der Waals surface area contributed by atoms with E-state index in [4.69, 9.17) is 10.1 Å². The average Bonchev–Trinajstić information content (AvgIpc) is 2.65. The maximum Gasteiger partial charge on any atom is 0.238 e. The summed E-state index contributed by atoms with van der Waals surface area (Å²) in [5.41, 5.74) is 3.57. The Labute approximate surface area is 168 Å². The molecule has 2 rings (SSSR count). The molecule has 0 saturated heterocycles. The van der Waals surface area contributed by atoms with Gasteiger partial charge in [0.1, 0.15) is 0 Å². The van der Waals surface area contributed by atoms with Crippen molar-refractivity contribution in [3.05, 3.63) is 65.2 Å². The molecule has 4 N–H and O–H groups in total. The van der Waals surface area contributed by atoms with E-state index in [2.05, 4.69) is 48.7 Å². The third kappa shape index (κ3) is 6.98. The Balaban J connectivity index is 1.90. The normalized spacial score (nSPS) is 13.2. The first kappa shape index (κ1) is 21.9. The highest BCUT2D eigenvalue weighted by Crippen LogP contribution is 2.16. The van der Waals surface area contributed by atoms with Gasteiger partial charge >= 0.3 is 0 Å². The van der Waals surface area contributed by atoms with Crippen LogP contribution >= 0.6 is 0 Å². The van der Waals surface area contributed by atoms with Gasteiger partial charge in [-0.05, 0) is 43.5 Å². The molecule has 7 heteroatoms. The highest BCUT2D eigenvalue weighted by Gasteiger charge is 2.08. The quantitative estimate of drug-likeness (QED) is 0.467. The number of nitrogens with one attached hydrogen (secondary N) is 2. The lowest BCUT2D eigenvalue weighted by Crippen LogP contribution is -2.38. The molecule has 0 aliphatic rings. The Morgan fingerprint density at radius 1 is 1.14 bits per heavy atom. The molecule has 0 aromatic heterocycles. The topological polar surface area (TPSA) is 96.6 Å². The predicted octanol–water partition coefficient (Wildman–Crippen LogP) is 2.54. The van der Waals surface area contributed by atoms with Gasteiger partial charge in [-0.15, -0.1) is 0 Å². The molecule has 0 aliphatic heterocycles. The third-order valence-corrected chi connectivity index (χ3v) is 5.37. The van der Waals surface area contributed by atoms with Gasteiger partial charge in [0, 0.05) is 25.6 Å². The summed E-state index contributed by atoms with van der Waals surface area (Å²) >= 11 is 0. The van der Waals surface area contributed by atoms with Crippen LogP contribution in [0.5, 0.6) is 0 Å². The van der Waals surface area contributed by atoms with Crippen LogP contribution < -0.4 is 15.8 Å². The Hall–Kier alpha value is -2.38. The molecule has 0 spiro atoms. The molecule has 0 amide bonds. The lowest BCUT2D eigenvalue weighted by molar-refractivity contribution is 0.598. The summed E-state index contributed by atoms with van der Waals surface area (Å²) < 4.78 is 22.6. The van der Waals surface area contributed by atoms with Crippen LogP contribution in [-0.2, 0) is 16.4 Å². The molecule has 2 aromatic rings. The Bertz CT molecular complexity index is 893. The molecule has 1 unspecified atom stereocenters. The van der Waals surface area contributed by atoms with Crippen LogP contribution in [0, 0.1) is 6.92 Å². The molecule has 28 heavy (non-hydrogen) atoms. The van der Waals surface area contributed by atoms with Crippen LogP contribution in [-0.4, -0.2) is 34.0 Å². The van der Waals surface area contributed by atoms with Gasteiger partial charge in [0.15, 0.2) is 5.96 Å². The minimum absolute atomic E-state index is 0.129. The first-order valence-electron chi connectivity index (χ1n) is 9.50. The second-order valence-corrected chi connectivity index (χ2v) is 8.46. The van der Waals surface area contributed by atoms with E-state index in [1.807, 2.05) is 6.92 Å². The monoisotopic (exact) mass is 402 g/mol. The van der Waals surface area contributed by atoms with Crippen LogP contribution in [0.4, 0.5) is 0 Å². The smallest absolute Gasteiger partial charge is 0.238 e. The molecular formula is C21H30N4O2S. The minimum Gasteiger partial charge on any atom is -0.357 e. The van der Waals surface area contributed by atoms with Crippen molar-refractivity contribution >= 4 is 16.0 Å². The summed E-state index contributed by atoms with van der Waals surface area (Å²) in [6.07, 6.45) is 0.753. The average molecular weight is 403 g/mol. The number of nitrogens with two attached hydrogens (primary N) is 1. The van der Waals surface area contributed by atoms with Crippen molar-refractivity contribution in [2.24, 2.45) is 10.1 Å². The van der Waals surface area contributed by atoms with Gasteiger partial charge in [0.05, 0.1) is 4.90 Å². The Morgan fingerprint density at radius 3 is 2.46 bits per heavy atom. The number of primary sulfonamides is 1. The fourth-order valence-corrected chi connectivity index (χ4v) is 3.34. The van der Waals surface area contributed by atoms with Gasteiger partial charge in [-0.3, -0.25) is 4.99 Å². The summed E-state index contributed by atoms with van der Waals surface area (Å²) in [6.45, 7) is 8.48. The van der Waals surface area contributed by atoms with E-state index in [0.717, 1.165) is 24.5 Å². The number of aryl methyl sites for hydroxylation is 1. The summed E-state index contributed by atoms with van der Waals surface area (Å²) in [7, 11) is -3.65. The van der Waals surface area contributed by atoms with Crippen molar-refractivity contribution < 1.29 is 8.42 Å². The fourth-order valence-electron chi connectivity index (χ4n) is 2.82. The third-order valence-electron chi connectivity index (χ3n) is 4.44. The molecular weight excluding hydrogens is 372 g/mol. The van der Waals surface area contributed by atoms with Crippen molar-refractivity contribution in [2.45, 2.75) is 38.0 Å². The van der Waals surface area contributed by atoms with Crippen molar-refractivity contribution in [1.29, 1.82) is 0 Å². The molecule has 0 aliphatic carbocycles. The number of hydrogen-bond donors (Lipinski definition) is 3. The first-order valence-corrected chi connectivity index (χ1v) is 11.0. The number of hydrogen-bond acceptors (Lipinski definition) is 3. The molecule has 0 saturated carbocycles. The van der Waals surface area contributed by atoms with Gasteiger partial charge < -0.3 is 10.6 Å². The van der Waals surface area contributed by atoms with E-state index >= 15 is 0 Å². The number of nitrogens with zero attached hydrogens (tertiary/aromatic N) is 1. The van der Waals surface area contributed by atoms with E-state index in [1.165, 1.54) is 23.3 Å². The van der Waals surface area contributed by atoms with Crippen LogP contribution in [0.25, 0.3) is 0 Å². The van der Waals surface area contributed by atoms with Gasteiger partial charge in [0.25, 0.3) is 0 Å². The van der Waals surface area contributed by atoms with E-state index in [9.17, 15) is 8.42 Å². The van der Waals surface area contributed by atoms with Gasteiger partial charge in [-0.1, -0.05) is 48.9 Å². The summed E-state index contributed by atoms with van der Waals surface area (Å²) in [4.78, 5) is 4.82. The number of aliphatic imine (C=N–C) groups is 1. The second kappa shape index (κ2) is 10.2. The van der Waals surface area contributed by atoms with Crippen molar-refractivity contribution in [1.82, 2.24) is 10.6 Å². The summed E-state index contributed by atoms with van der Waals surface area (Å²) in [5, 5.41) is 11.7. The van der Waals surface area contributed by atoms with Crippen molar-refractivity contribution in [3.8, 4) is 0 Å². The molecule has 0 radical (unpaired) electrons. The van der Waals surface area contributed by atoms with E-state index in [1.54, 1.807) is 12.1 Å². The van der Waals surface area contributed by atoms with Crippen LogP contribution in [0.1, 0.15) is 36.5 Å². The molecule has 152 valence electrons. The van der Waals surface area contributed by atoms with E-state index < -0.39 is 10.0 Å². The zero-order chi connectivity index (χ0) is 20.6. The molecule has 2 aromatic carbocycles. The Morgan fingerprint density at radius 2 is 1.86 bits per heavy atom. The molecule has 0 heterocycles. The Kier molecular flexibility index (Phi) is 8.02. The molecule has 1 atom stereocenters. The van der Waals surface area contributed by atoms with E-state index in [-0.39, 0.29) is 4.90 Å². The highest BCUT2D eigenvalue weighted by atomic mass is 32.2. The fraction of sp³-hybridized carbons (Fsp3) is 0.381. The number of rotatable bonds is 8. The lowest BCUT2D eigenvalue weighted by Gasteiger charge is -2.14. The summed E-state index contributed by atoms with van der Waals surface area (Å²) in [6, 6.07) is 15.2. The lowest BCUT2D eigenvalue weighted by atomic mass is 10.00. The molecule has 6 nitrogen and oxygen atoms in total. The van der Waals surface area contributed by atoms with E-state index in [0.29, 0.717) is 19.0 Å². The van der Waals surface area contributed by atoms with Crippen molar-refractivity contribution in [3.63, 3.8) is 0 Å². The second-order valence-electron chi connectivity index (χ2n) is 6.90. The maximum atomic E-state index is 11.3. The van der Waals surface area contributed by atoms with Crippen LogP contribution in [0.3, 0.4) is 0 Å². The van der Waals surface area contributed by atoms with Crippen LogP contribution in [0.2, 0.25) is 0 Å². The standard InChI is InChI=1S/C21H30N4O2S/c1-4-23-21(25-15-17(3)19-7-5-6-16(2)14-19)24-13-12-18-8-10-20(11-9-18)28(22,26)27/h5-11,14,17H,4,12-13,15H2,1-3H3,(H2,22,26,27)(H2,23,24,25). The largest absolute Gasteiger partial charge is 0.357 e. The minimum atomic E-state index is -3.65. The first-order chi connectivity index (χ1) is 13.3. The zero-order valence-electron chi connectivity index (χ0n) is 16.8. The van der Waals surface area contributed by atoms with Crippen LogP contribution in [0.15, 0.2) is 58.4 Å². The number of benzene rings is 2. The SMILES string of the molecule is CCNC(=NCC(C)c1cccc(C)c1)NCCc1ccc(S(N)(=O)=O)cc1. The molecule has 0 bridgehead atoms. The van der Waals surface area contributed by atoms with Gasteiger partial charge in [-0.25, -0.2) is 13.6 Å². The molecule has 0 fully saturated rings. The van der Waals surface area contributed by atoms with Crippen molar-refractivity contribution in [2.75, 3.05) is 19.6 Å². The number of sulfonamides is 1. The maximum absolute atomic E-state index is 11.3. The highest BCUT2D eigenvalue weighted by molar-refractivity contribution is 7.89. The number of guanidine groups is 1. The summed E-state index contributed by atoms with van der Waals surface area (Å²) in [5.74, 6) is 1.12. The van der Waals surface area contributed by atoms with Gasteiger partial charge in [0.2, 0.25) is 10.0 Å². The predicted molar refractivity (Wildman–Crippen MR) is 115 cm³/mol. The van der Waals surface area contributed by atoms with Gasteiger partial charge in [-0.2, -0.15) is 0 Å². The zero-order valence-corrected chi connectivity index (χ0v) is 17.6.